The second kappa shape index (κ2) is 8.30. The van der Waals surface area contributed by atoms with Crippen LogP contribution in [0, 0.1) is 12.8 Å². The summed E-state index contributed by atoms with van der Waals surface area (Å²) in [5.41, 5.74) is 2.19. The molecule has 0 spiro atoms. The fraction of sp³-hybridized carbons (Fsp3) is 0.471. The van der Waals surface area contributed by atoms with Gasteiger partial charge in [-0.15, -0.1) is 10.2 Å². The highest BCUT2D eigenvalue weighted by molar-refractivity contribution is 7.99. The zero-order valence-corrected chi connectivity index (χ0v) is 14.6. The number of benzene rings is 1. The van der Waals surface area contributed by atoms with E-state index in [-0.39, 0.29) is 5.91 Å². The molecule has 1 atom stereocenters. The third kappa shape index (κ3) is 4.58. The minimum atomic E-state index is 0.0176. The maximum absolute atomic E-state index is 12.0. The number of hydrogen-bond donors (Lipinski definition) is 1. The Bertz CT molecular complexity index is 665. The van der Waals surface area contributed by atoms with Crippen LogP contribution in [0.3, 0.4) is 0 Å². The molecule has 3 rings (SSSR count). The van der Waals surface area contributed by atoms with Gasteiger partial charge in [0.25, 0.3) is 0 Å². The molecule has 128 valence electrons. The molecule has 6 nitrogen and oxygen atoms in total. The van der Waals surface area contributed by atoms with Gasteiger partial charge in [0.2, 0.25) is 5.91 Å². The number of ether oxygens (including phenoxy) is 1. The molecule has 0 aliphatic carbocycles. The number of thioether (sulfide) groups is 1. The number of carbonyl (C=O) groups excluding carboxylic acids is 1. The molecule has 1 saturated heterocycles. The minimum absolute atomic E-state index is 0.0176. The van der Waals surface area contributed by atoms with E-state index in [2.05, 4.69) is 15.5 Å². The summed E-state index contributed by atoms with van der Waals surface area (Å²) < 4.78 is 7.32. The molecule has 0 saturated carbocycles. The van der Waals surface area contributed by atoms with E-state index in [1.807, 2.05) is 35.8 Å². The van der Waals surface area contributed by atoms with Crippen molar-refractivity contribution in [1.29, 1.82) is 0 Å². The Balaban J connectivity index is 1.50. The lowest BCUT2D eigenvalue weighted by Crippen LogP contribution is -2.34. The largest absolute Gasteiger partial charge is 0.381 e. The lowest BCUT2D eigenvalue weighted by molar-refractivity contribution is -0.118. The van der Waals surface area contributed by atoms with Crippen molar-refractivity contribution in [3.8, 4) is 5.69 Å². The normalized spacial score (nSPS) is 17.6. The van der Waals surface area contributed by atoms with E-state index in [0.29, 0.717) is 18.2 Å². The van der Waals surface area contributed by atoms with Crippen LogP contribution in [-0.2, 0) is 9.53 Å². The van der Waals surface area contributed by atoms with E-state index in [1.54, 1.807) is 6.33 Å². The maximum Gasteiger partial charge on any atom is 0.230 e. The standard InChI is InChI=1S/C17H22N4O2S/c1-13-4-6-15(7-5-13)21-12-19-20-17(21)24-11-16(22)18-9-14-3-2-8-23-10-14/h4-7,12,14H,2-3,8-11H2,1H3,(H,18,22)/t14-/m1/s1. The molecule has 1 aliphatic rings. The fourth-order valence-corrected chi connectivity index (χ4v) is 3.37. The topological polar surface area (TPSA) is 69.0 Å². The zero-order chi connectivity index (χ0) is 16.8. The van der Waals surface area contributed by atoms with Crippen molar-refractivity contribution in [2.45, 2.75) is 24.9 Å². The average molecular weight is 346 g/mol. The van der Waals surface area contributed by atoms with Crippen LogP contribution >= 0.6 is 11.8 Å². The second-order valence-corrected chi connectivity index (χ2v) is 6.94. The molecular weight excluding hydrogens is 324 g/mol. The highest BCUT2D eigenvalue weighted by Crippen LogP contribution is 2.19. The van der Waals surface area contributed by atoms with Gasteiger partial charge >= 0.3 is 0 Å². The number of aromatic nitrogens is 3. The summed E-state index contributed by atoms with van der Waals surface area (Å²) >= 11 is 1.39. The first-order valence-corrected chi connectivity index (χ1v) is 9.15. The predicted molar refractivity (Wildman–Crippen MR) is 93.4 cm³/mol. The van der Waals surface area contributed by atoms with Gasteiger partial charge in [0.1, 0.15) is 6.33 Å². The van der Waals surface area contributed by atoms with Crippen molar-refractivity contribution >= 4 is 17.7 Å². The van der Waals surface area contributed by atoms with Crippen molar-refractivity contribution in [2.24, 2.45) is 5.92 Å². The molecule has 0 radical (unpaired) electrons. The van der Waals surface area contributed by atoms with Crippen LogP contribution in [0.1, 0.15) is 18.4 Å². The molecule has 24 heavy (non-hydrogen) atoms. The van der Waals surface area contributed by atoms with Crippen LogP contribution in [0.25, 0.3) is 5.69 Å². The summed E-state index contributed by atoms with van der Waals surface area (Å²) in [6.45, 7) is 4.32. The molecule has 1 aromatic heterocycles. The molecule has 7 heteroatoms. The van der Waals surface area contributed by atoms with Gasteiger partial charge < -0.3 is 10.1 Å². The molecule has 1 aliphatic heterocycles. The van der Waals surface area contributed by atoms with Gasteiger partial charge in [0.15, 0.2) is 5.16 Å². The van der Waals surface area contributed by atoms with Gasteiger partial charge in [-0.2, -0.15) is 0 Å². The average Bonchev–Trinajstić information content (AvgIpc) is 3.08. The van der Waals surface area contributed by atoms with Crippen molar-refractivity contribution in [2.75, 3.05) is 25.5 Å². The first-order chi connectivity index (χ1) is 11.7. The number of nitrogens with zero attached hydrogens (tertiary/aromatic N) is 3. The molecule has 1 aromatic carbocycles. The minimum Gasteiger partial charge on any atom is -0.381 e. The van der Waals surface area contributed by atoms with Crippen LogP contribution < -0.4 is 5.32 Å². The smallest absolute Gasteiger partial charge is 0.230 e. The lowest BCUT2D eigenvalue weighted by atomic mass is 10.0. The summed E-state index contributed by atoms with van der Waals surface area (Å²) in [5.74, 6) is 0.783. The van der Waals surface area contributed by atoms with Gasteiger partial charge in [-0.1, -0.05) is 29.5 Å². The Morgan fingerprint density at radius 1 is 1.42 bits per heavy atom. The first-order valence-electron chi connectivity index (χ1n) is 8.16. The zero-order valence-electron chi connectivity index (χ0n) is 13.8. The molecule has 0 bridgehead atoms. The number of nitrogens with one attached hydrogen (secondary N) is 1. The van der Waals surface area contributed by atoms with E-state index < -0.39 is 0 Å². The number of aryl methyl sites for hydroxylation is 1. The quantitative estimate of drug-likeness (QED) is 0.812. The molecule has 1 N–H and O–H groups in total. The van der Waals surface area contributed by atoms with Crippen LogP contribution in [0.4, 0.5) is 0 Å². The van der Waals surface area contributed by atoms with Gasteiger partial charge in [-0.3, -0.25) is 9.36 Å². The summed E-state index contributed by atoms with van der Waals surface area (Å²) in [5, 5.41) is 11.8. The van der Waals surface area contributed by atoms with Gasteiger partial charge in [0, 0.05) is 18.8 Å². The van der Waals surface area contributed by atoms with E-state index >= 15 is 0 Å². The van der Waals surface area contributed by atoms with Crippen LogP contribution in [0.15, 0.2) is 35.7 Å². The lowest BCUT2D eigenvalue weighted by Gasteiger charge is -2.22. The number of hydrogen-bond acceptors (Lipinski definition) is 5. The molecule has 2 aromatic rings. The molecule has 1 amide bonds. The second-order valence-electron chi connectivity index (χ2n) is 5.99. The van der Waals surface area contributed by atoms with E-state index in [4.69, 9.17) is 4.74 Å². The highest BCUT2D eigenvalue weighted by Gasteiger charge is 2.15. The van der Waals surface area contributed by atoms with Crippen molar-refractivity contribution in [3.63, 3.8) is 0 Å². The molecule has 2 heterocycles. The number of rotatable bonds is 6. The monoisotopic (exact) mass is 346 g/mol. The Labute approximate surface area is 146 Å². The molecular formula is C17H22N4O2S. The van der Waals surface area contributed by atoms with E-state index in [9.17, 15) is 4.79 Å². The molecule has 1 fully saturated rings. The SMILES string of the molecule is Cc1ccc(-n2cnnc2SCC(=O)NC[C@H]2CCCOC2)cc1. The Kier molecular flexibility index (Phi) is 5.87. The fourth-order valence-electron chi connectivity index (χ4n) is 2.61. The predicted octanol–water partition coefficient (Wildman–Crippen LogP) is 2.21. The first kappa shape index (κ1) is 17.0. The number of amides is 1. The Morgan fingerprint density at radius 3 is 3.00 bits per heavy atom. The van der Waals surface area contributed by atoms with Gasteiger partial charge in [0.05, 0.1) is 12.4 Å². The highest BCUT2D eigenvalue weighted by atomic mass is 32.2. The van der Waals surface area contributed by atoms with Crippen molar-refractivity contribution < 1.29 is 9.53 Å². The van der Waals surface area contributed by atoms with Crippen molar-refractivity contribution in [3.05, 3.63) is 36.2 Å². The number of carbonyl (C=O) groups is 1. The molecule has 0 unspecified atom stereocenters. The summed E-state index contributed by atoms with van der Waals surface area (Å²) in [4.78, 5) is 12.0. The Morgan fingerprint density at radius 2 is 2.25 bits per heavy atom. The van der Waals surface area contributed by atoms with Crippen LogP contribution in [0.5, 0.6) is 0 Å². The third-order valence-corrected chi connectivity index (χ3v) is 4.95. The van der Waals surface area contributed by atoms with Crippen LogP contribution in [0.2, 0.25) is 0 Å². The van der Waals surface area contributed by atoms with Crippen LogP contribution in [-0.4, -0.2) is 46.2 Å². The Hall–Kier alpha value is -1.86. The summed E-state index contributed by atoms with van der Waals surface area (Å²) in [6.07, 6.45) is 3.87. The maximum atomic E-state index is 12.0. The van der Waals surface area contributed by atoms with Crippen molar-refractivity contribution in [1.82, 2.24) is 20.1 Å². The summed E-state index contributed by atoms with van der Waals surface area (Å²) in [6, 6.07) is 8.13. The summed E-state index contributed by atoms with van der Waals surface area (Å²) in [7, 11) is 0. The van der Waals surface area contributed by atoms with E-state index in [1.165, 1.54) is 17.3 Å². The van der Waals surface area contributed by atoms with Gasteiger partial charge in [-0.05, 0) is 37.8 Å². The third-order valence-electron chi connectivity index (χ3n) is 4.00. The van der Waals surface area contributed by atoms with Gasteiger partial charge in [-0.25, -0.2) is 0 Å². The van der Waals surface area contributed by atoms with E-state index in [0.717, 1.165) is 36.9 Å².